The first-order valence-electron chi connectivity index (χ1n) is 10.5. The van der Waals surface area contributed by atoms with Gasteiger partial charge in [0.25, 0.3) is 0 Å². The monoisotopic (exact) mass is 440 g/mol. The summed E-state index contributed by atoms with van der Waals surface area (Å²) in [6, 6.07) is 14.9. The molecule has 1 aromatic heterocycles. The summed E-state index contributed by atoms with van der Waals surface area (Å²) in [6.07, 6.45) is 0.347. The molecule has 0 spiro atoms. The largest absolute Gasteiger partial charge is 0.340 e. The molecule has 0 saturated carbocycles. The van der Waals surface area contributed by atoms with Crippen LogP contribution in [-0.4, -0.2) is 59.5 Å². The Morgan fingerprint density at radius 2 is 1.68 bits per heavy atom. The lowest BCUT2D eigenvalue weighted by Crippen LogP contribution is -2.50. The quantitative estimate of drug-likeness (QED) is 0.611. The van der Waals surface area contributed by atoms with Crippen LogP contribution in [0, 0.1) is 13.8 Å². The standard InChI is InChI=1S/C23H28N4O3S/c1-17-14-18(2)27(24-17)19(3)15-23(28)25-10-12-26(13-11-25)31(29,30)22-9-8-20-6-4-5-7-21(20)16-22/h4-9,14,16,19H,10-13,15H2,1-3H3/t19-/m0/s1. The fourth-order valence-corrected chi connectivity index (χ4v) is 5.67. The average molecular weight is 441 g/mol. The first-order chi connectivity index (χ1) is 14.8. The van der Waals surface area contributed by atoms with Crippen LogP contribution >= 0.6 is 0 Å². The van der Waals surface area contributed by atoms with Crippen molar-refractivity contribution in [3.05, 3.63) is 59.9 Å². The topological polar surface area (TPSA) is 75.5 Å². The molecule has 1 atom stereocenters. The minimum absolute atomic E-state index is 0.0304. The Hall–Kier alpha value is -2.71. The van der Waals surface area contributed by atoms with Gasteiger partial charge in [-0.25, -0.2) is 8.42 Å². The number of carbonyl (C=O) groups is 1. The van der Waals surface area contributed by atoms with E-state index in [2.05, 4.69) is 5.10 Å². The summed E-state index contributed by atoms with van der Waals surface area (Å²) in [6.45, 7) is 7.30. The lowest BCUT2D eigenvalue weighted by Gasteiger charge is -2.34. The smallest absolute Gasteiger partial charge is 0.243 e. The van der Waals surface area contributed by atoms with E-state index in [9.17, 15) is 13.2 Å². The van der Waals surface area contributed by atoms with Crippen molar-refractivity contribution in [2.45, 2.75) is 38.1 Å². The molecule has 3 aromatic rings. The Balaban J connectivity index is 1.40. The number of aryl methyl sites for hydroxylation is 2. The molecule has 2 aromatic carbocycles. The Morgan fingerprint density at radius 3 is 2.32 bits per heavy atom. The Kier molecular flexibility index (Phi) is 5.85. The molecule has 31 heavy (non-hydrogen) atoms. The number of piperazine rings is 1. The highest BCUT2D eigenvalue weighted by Gasteiger charge is 2.30. The van der Waals surface area contributed by atoms with E-state index in [0.717, 1.165) is 22.2 Å². The van der Waals surface area contributed by atoms with Gasteiger partial charge in [-0.15, -0.1) is 0 Å². The minimum Gasteiger partial charge on any atom is -0.340 e. The first kappa shape index (κ1) is 21.5. The summed E-state index contributed by atoms with van der Waals surface area (Å²) < 4.78 is 29.6. The third kappa shape index (κ3) is 4.36. The maximum Gasteiger partial charge on any atom is 0.243 e. The molecule has 0 bridgehead atoms. The van der Waals surface area contributed by atoms with Crippen LogP contribution in [0.1, 0.15) is 30.8 Å². The summed E-state index contributed by atoms with van der Waals surface area (Å²) in [7, 11) is -3.59. The number of sulfonamides is 1. The van der Waals surface area contributed by atoms with Crippen molar-refractivity contribution in [2.24, 2.45) is 0 Å². The van der Waals surface area contributed by atoms with Crippen molar-refractivity contribution in [1.29, 1.82) is 0 Å². The normalized spacial score (nSPS) is 16.5. The van der Waals surface area contributed by atoms with Crippen molar-refractivity contribution >= 4 is 26.7 Å². The number of hydrogen-bond acceptors (Lipinski definition) is 4. The number of aromatic nitrogens is 2. The van der Waals surface area contributed by atoms with E-state index in [1.807, 2.05) is 61.9 Å². The van der Waals surface area contributed by atoms with Crippen LogP contribution in [0.25, 0.3) is 10.8 Å². The predicted molar refractivity (Wildman–Crippen MR) is 120 cm³/mol. The zero-order chi connectivity index (χ0) is 22.2. The molecule has 1 aliphatic heterocycles. The zero-order valence-electron chi connectivity index (χ0n) is 18.2. The van der Waals surface area contributed by atoms with Gasteiger partial charge in [-0.1, -0.05) is 30.3 Å². The highest BCUT2D eigenvalue weighted by atomic mass is 32.2. The number of rotatable bonds is 5. The third-order valence-corrected chi connectivity index (χ3v) is 7.78. The van der Waals surface area contributed by atoms with Gasteiger partial charge in [-0.3, -0.25) is 9.48 Å². The van der Waals surface area contributed by atoms with Gasteiger partial charge in [0, 0.05) is 38.3 Å². The number of carbonyl (C=O) groups excluding carboxylic acids is 1. The van der Waals surface area contributed by atoms with Crippen molar-refractivity contribution in [2.75, 3.05) is 26.2 Å². The Labute approximate surface area is 183 Å². The second-order valence-corrected chi connectivity index (χ2v) is 10.2. The maximum absolute atomic E-state index is 13.1. The Morgan fingerprint density at radius 1 is 1.00 bits per heavy atom. The highest BCUT2D eigenvalue weighted by molar-refractivity contribution is 7.89. The van der Waals surface area contributed by atoms with Crippen LogP contribution in [0.5, 0.6) is 0 Å². The van der Waals surface area contributed by atoms with Gasteiger partial charge in [-0.2, -0.15) is 9.40 Å². The molecule has 1 aliphatic rings. The fourth-order valence-electron chi connectivity index (χ4n) is 4.22. The molecule has 0 unspecified atom stereocenters. The van der Waals surface area contributed by atoms with Gasteiger partial charge < -0.3 is 4.90 Å². The summed E-state index contributed by atoms with van der Waals surface area (Å²) in [5.41, 5.74) is 1.97. The molecule has 2 heterocycles. The summed E-state index contributed by atoms with van der Waals surface area (Å²) in [4.78, 5) is 14.8. The van der Waals surface area contributed by atoms with Crippen LogP contribution in [0.2, 0.25) is 0 Å². The molecule has 8 heteroatoms. The van der Waals surface area contributed by atoms with Gasteiger partial charge in [0.1, 0.15) is 0 Å². The van der Waals surface area contributed by atoms with Crippen molar-refractivity contribution in [3.8, 4) is 0 Å². The second-order valence-electron chi connectivity index (χ2n) is 8.22. The number of hydrogen-bond donors (Lipinski definition) is 0. The van der Waals surface area contributed by atoms with Crippen LogP contribution < -0.4 is 0 Å². The van der Waals surface area contributed by atoms with E-state index in [4.69, 9.17) is 0 Å². The number of nitrogens with zero attached hydrogens (tertiary/aromatic N) is 4. The minimum atomic E-state index is -3.59. The molecular weight excluding hydrogens is 412 g/mol. The number of amides is 1. The van der Waals surface area contributed by atoms with Crippen molar-refractivity contribution in [1.82, 2.24) is 19.0 Å². The van der Waals surface area contributed by atoms with E-state index >= 15 is 0 Å². The average Bonchev–Trinajstić information content (AvgIpc) is 3.11. The molecule has 1 fully saturated rings. The molecule has 0 aliphatic carbocycles. The van der Waals surface area contributed by atoms with Gasteiger partial charge in [0.05, 0.1) is 16.6 Å². The first-order valence-corrected chi connectivity index (χ1v) is 12.0. The van der Waals surface area contributed by atoms with E-state index in [-0.39, 0.29) is 11.9 Å². The van der Waals surface area contributed by atoms with E-state index in [1.54, 1.807) is 17.0 Å². The molecule has 164 valence electrons. The molecule has 1 saturated heterocycles. The molecule has 0 N–H and O–H groups in total. The maximum atomic E-state index is 13.1. The fraction of sp³-hybridized carbons (Fsp3) is 0.391. The van der Waals surface area contributed by atoms with Gasteiger partial charge in [0.15, 0.2) is 0 Å². The van der Waals surface area contributed by atoms with E-state index < -0.39 is 10.0 Å². The molecule has 0 radical (unpaired) electrons. The number of benzene rings is 2. The second kappa shape index (κ2) is 8.43. The van der Waals surface area contributed by atoms with Gasteiger partial charge >= 0.3 is 0 Å². The predicted octanol–water partition coefficient (Wildman–Crippen LogP) is 3.14. The lowest BCUT2D eigenvalue weighted by molar-refractivity contribution is -0.133. The summed E-state index contributed by atoms with van der Waals surface area (Å²) in [5, 5.41) is 6.37. The van der Waals surface area contributed by atoms with Crippen LogP contribution in [0.15, 0.2) is 53.4 Å². The SMILES string of the molecule is Cc1cc(C)n([C@@H](C)CC(=O)N2CCN(S(=O)(=O)c3ccc4ccccc4c3)CC2)n1. The Bertz CT molecular complexity index is 1210. The molecular formula is C23H28N4O3S. The molecule has 7 nitrogen and oxygen atoms in total. The van der Waals surface area contributed by atoms with E-state index in [1.165, 1.54) is 4.31 Å². The van der Waals surface area contributed by atoms with Crippen molar-refractivity contribution in [3.63, 3.8) is 0 Å². The van der Waals surface area contributed by atoms with Gasteiger partial charge in [-0.05, 0) is 49.7 Å². The third-order valence-electron chi connectivity index (χ3n) is 5.88. The lowest BCUT2D eigenvalue weighted by atomic mass is 10.1. The number of fused-ring (bicyclic) bond motifs is 1. The zero-order valence-corrected chi connectivity index (χ0v) is 19.0. The molecule has 4 rings (SSSR count). The van der Waals surface area contributed by atoms with Crippen LogP contribution in [-0.2, 0) is 14.8 Å². The summed E-state index contributed by atoms with van der Waals surface area (Å²) >= 11 is 0. The van der Waals surface area contributed by atoms with Crippen LogP contribution in [0.4, 0.5) is 0 Å². The molecule has 1 amide bonds. The van der Waals surface area contributed by atoms with Gasteiger partial charge in [0.2, 0.25) is 15.9 Å². The van der Waals surface area contributed by atoms with E-state index in [0.29, 0.717) is 37.5 Å². The van der Waals surface area contributed by atoms with Crippen LogP contribution in [0.3, 0.4) is 0 Å². The summed E-state index contributed by atoms with van der Waals surface area (Å²) in [5.74, 6) is 0.0304. The highest BCUT2D eigenvalue weighted by Crippen LogP contribution is 2.23. The van der Waals surface area contributed by atoms with Crippen molar-refractivity contribution < 1.29 is 13.2 Å².